The monoisotopic (exact) mass is 235 g/mol. The summed E-state index contributed by atoms with van der Waals surface area (Å²) in [5, 5.41) is 13.9. The number of amides is 1. The van der Waals surface area contributed by atoms with Gasteiger partial charge in [0.05, 0.1) is 12.5 Å². The summed E-state index contributed by atoms with van der Waals surface area (Å²) >= 11 is 0. The van der Waals surface area contributed by atoms with Crippen LogP contribution in [-0.4, -0.2) is 23.0 Å². The van der Waals surface area contributed by atoms with Crippen molar-refractivity contribution in [2.24, 2.45) is 10.9 Å². The normalized spacial score (nSPS) is 13.2. The van der Waals surface area contributed by atoms with Gasteiger partial charge in [-0.15, -0.1) is 0 Å². The third kappa shape index (κ3) is 4.14. The Labute approximate surface area is 100 Å². The van der Waals surface area contributed by atoms with E-state index >= 15 is 0 Å². The number of aryl methyl sites for hydroxylation is 1. The Hall–Kier alpha value is -2.04. The second-order valence-electron chi connectivity index (χ2n) is 3.98. The van der Waals surface area contributed by atoms with E-state index in [0.29, 0.717) is 0 Å². The lowest BCUT2D eigenvalue weighted by molar-refractivity contribution is -0.120. The Morgan fingerprint density at radius 1 is 1.47 bits per heavy atom. The lowest BCUT2D eigenvalue weighted by Gasteiger charge is -2.12. The first kappa shape index (κ1) is 13.0. The molecule has 0 saturated carbocycles. The van der Waals surface area contributed by atoms with Crippen molar-refractivity contribution in [2.75, 3.05) is 0 Å². The maximum absolute atomic E-state index is 11.6. The summed E-state index contributed by atoms with van der Waals surface area (Å²) in [6.45, 7) is 3.65. The minimum Gasteiger partial charge on any atom is -0.409 e. The number of benzene rings is 1. The molecule has 92 valence electrons. The second-order valence-corrected chi connectivity index (χ2v) is 3.98. The van der Waals surface area contributed by atoms with E-state index in [1.165, 1.54) is 0 Å². The molecule has 1 amide bonds. The molecule has 0 fully saturated rings. The molecule has 1 unspecified atom stereocenters. The average Bonchev–Trinajstić information content (AvgIpc) is 2.30. The summed E-state index contributed by atoms with van der Waals surface area (Å²) in [6, 6.07) is 7.25. The molecule has 1 rings (SSSR count). The van der Waals surface area contributed by atoms with Gasteiger partial charge in [-0.1, -0.05) is 35.0 Å². The minimum absolute atomic E-state index is 0.0118. The molecule has 1 aromatic carbocycles. The molecule has 0 aliphatic heterocycles. The first-order chi connectivity index (χ1) is 8.02. The van der Waals surface area contributed by atoms with Gasteiger partial charge in [-0.2, -0.15) is 0 Å². The van der Waals surface area contributed by atoms with Crippen molar-refractivity contribution in [1.29, 1.82) is 0 Å². The van der Waals surface area contributed by atoms with Crippen molar-refractivity contribution in [3.63, 3.8) is 0 Å². The van der Waals surface area contributed by atoms with Gasteiger partial charge in [0.1, 0.15) is 0 Å². The molecule has 17 heavy (non-hydrogen) atoms. The Morgan fingerprint density at radius 2 is 2.06 bits per heavy atom. The van der Waals surface area contributed by atoms with Crippen molar-refractivity contribution in [2.45, 2.75) is 26.3 Å². The summed E-state index contributed by atoms with van der Waals surface area (Å²) in [4.78, 5) is 11.6. The number of oxime groups is 1. The zero-order chi connectivity index (χ0) is 12.8. The highest BCUT2D eigenvalue weighted by molar-refractivity contribution is 5.90. The molecule has 0 radical (unpaired) electrons. The van der Waals surface area contributed by atoms with E-state index in [1.807, 2.05) is 31.2 Å². The summed E-state index contributed by atoms with van der Waals surface area (Å²) in [5.74, 6) is -0.171. The first-order valence-corrected chi connectivity index (χ1v) is 5.35. The van der Waals surface area contributed by atoms with Gasteiger partial charge < -0.3 is 16.3 Å². The SMILES string of the molecule is Cc1ccc(CC(=O)NC(C)/C(N)=N/O)cc1. The Morgan fingerprint density at radius 3 is 2.59 bits per heavy atom. The fourth-order valence-electron chi connectivity index (χ4n) is 1.34. The summed E-state index contributed by atoms with van der Waals surface area (Å²) in [7, 11) is 0. The van der Waals surface area contributed by atoms with Crippen molar-refractivity contribution in [3.8, 4) is 0 Å². The maximum Gasteiger partial charge on any atom is 0.224 e. The van der Waals surface area contributed by atoms with Crippen LogP contribution < -0.4 is 11.1 Å². The molecule has 4 N–H and O–H groups in total. The molecule has 5 heteroatoms. The predicted octanol–water partition coefficient (Wildman–Crippen LogP) is 0.789. The summed E-state index contributed by atoms with van der Waals surface area (Å²) < 4.78 is 0. The number of amidine groups is 1. The van der Waals surface area contributed by atoms with Crippen molar-refractivity contribution in [3.05, 3.63) is 35.4 Å². The van der Waals surface area contributed by atoms with Crippen LogP contribution in [0.3, 0.4) is 0 Å². The zero-order valence-electron chi connectivity index (χ0n) is 9.97. The number of nitrogens with one attached hydrogen (secondary N) is 1. The molecule has 0 aliphatic carbocycles. The molecule has 1 aromatic rings. The van der Waals surface area contributed by atoms with Gasteiger partial charge in [0.2, 0.25) is 5.91 Å². The predicted molar refractivity (Wildman–Crippen MR) is 65.9 cm³/mol. The van der Waals surface area contributed by atoms with Crippen molar-refractivity contribution >= 4 is 11.7 Å². The highest BCUT2D eigenvalue weighted by atomic mass is 16.4. The standard InChI is InChI=1S/C12H17N3O2/c1-8-3-5-10(6-4-8)7-11(16)14-9(2)12(13)15-17/h3-6,9,17H,7H2,1-2H3,(H2,13,15)(H,14,16). The van der Waals surface area contributed by atoms with E-state index in [1.54, 1.807) is 6.92 Å². The number of hydrogen-bond acceptors (Lipinski definition) is 3. The van der Waals surface area contributed by atoms with E-state index in [9.17, 15) is 4.79 Å². The van der Waals surface area contributed by atoms with E-state index in [4.69, 9.17) is 10.9 Å². The van der Waals surface area contributed by atoms with Crippen LogP contribution in [0.25, 0.3) is 0 Å². The molecule has 0 spiro atoms. The number of rotatable bonds is 4. The topological polar surface area (TPSA) is 87.7 Å². The second kappa shape index (κ2) is 5.89. The zero-order valence-corrected chi connectivity index (χ0v) is 9.97. The highest BCUT2D eigenvalue weighted by Gasteiger charge is 2.11. The Kier molecular flexibility index (Phi) is 4.51. The van der Waals surface area contributed by atoms with E-state index in [2.05, 4.69) is 10.5 Å². The Balaban J connectivity index is 2.53. The lowest BCUT2D eigenvalue weighted by Crippen LogP contribution is -2.43. The van der Waals surface area contributed by atoms with Crippen LogP contribution in [0.5, 0.6) is 0 Å². The third-order valence-electron chi connectivity index (χ3n) is 2.42. The number of nitrogens with two attached hydrogens (primary N) is 1. The molecule has 5 nitrogen and oxygen atoms in total. The van der Waals surface area contributed by atoms with Gasteiger partial charge in [-0.05, 0) is 19.4 Å². The number of hydrogen-bond donors (Lipinski definition) is 3. The van der Waals surface area contributed by atoms with Gasteiger partial charge in [0.15, 0.2) is 5.84 Å². The quantitative estimate of drug-likeness (QED) is 0.312. The molecule has 1 atom stereocenters. The van der Waals surface area contributed by atoms with Gasteiger partial charge in [-0.25, -0.2) is 0 Å². The van der Waals surface area contributed by atoms with Crippen LogP contribution >= 0.6 is 0 Å². The van der Waals surface area contributed by atoms with Gasteiger partial charge in [-0.3, -0.25) is 4.79 Å². The molecule has 0 heterocycles. The van der Waals surface area contributed by atoms with E-state index in [0.717, 1.165) is 11.1 Å². The lowest BCUT2D eigenvalue weighted by atomic mass is 10.1. The minimum atomic E-state index is -0.474. The Bertz CT molecular complexity index is 412. The molecular weight excluding hydrogens is 218 g/mol. The number of nitrogens with zero attached hydrogens (tertiary/aromatic N) is 1. The molecular formula is C12H17N3O2. The molecule has 0 saturated heterocycles. The van der Waals surface area contributed by atoms with Crippen LogP contribution in [0, 0.1) is 6.92 Å². The van der Waals surface area contributed by atoms with Crippen LogP contribution in [0.1, 0.15) is 18.1 Å². The molecule has 0 bridgehead atoms. The van der Waals surface area contributed by atoms with Gasteiger partial charge >= 0.3 is 0 Å². The van der Waals surface area contributed by atoms with Gasteiger partial charge in [0, 0.05) is 0 Å². The van der Waals surface area contributed by atoms with Crippen LogP contribution in [0.2, 0.25) is 0 Å². The number of carbonyl (C=O) groups excluding carboxylic acids is 1. The van der Waals surface area contributed by atoms with Gasteiger partial charge in [0.25, 0.3) is 0 Å². The number of carbonyl (C=O) groups is 1. The third-order valence-corrected chi connectivity index (χ3v) is 2.42. The molecule has 0 aliphatic rings. The van der Waals surface area contributed by atoms with Crippen molar-refractivity contribution < 1.29 is 10.0 Å². The fraction of sp³-hybridized carbons (Fsp3) is 0.333. The van der Waals surface area contributed by atoms with E-state index in [-0.39, 0.29) is 18.2 Å². The van der Waals surface area contributed by atoms with Crippen LogP contribution in [0.15, 0.2) is 29.4 Å². The van der Waals surface area contributed by atoms with E-state index < -0.39 is 6.04 Å². The average molecular weight is 235 g/mol. The molecule has 0 aromatic heterocycles. The largest absolute Gasteiger partial charge is 0.409 e. The van der Waals surface area contributed by atoms with Crippen LogP contribution in [-0.2, 0) is 11.2 Å². The smallest absolute Gasteiger partial charge is 0.224 e. The fourth-order valence-corrected chi connectivity index (χ4v) is 1.34. The van der Waals surface area contributed by atoms with Crippen molar-refractivity contribution in [1.82, 2.24) is 5.32 Å². The van der Waals surface area contributed by atoms with Crippen LogP contribution in [0.4, 0.5) is 0 Å². The summed E-state index contributed by atoms with van der Waals surface area (Å²) in [5.41, 5.74) is 7.45. The first-order valence-electron chi connectivity index (χ1n) is 5.35. The summed E-state index contributed by atoms with van der Waals surface area (Å²) in [6.07, 6.45) is 0.281. The maximum atomic E-state index is 11.6. The highest BCUT2D eigenvalue weighted by Crippen LogP contribution is 2.03.